The largest absolute Gasteiger partial charge is 0.349 e. The fraction of sp³-hybridized carbons (Fsp3) is 0.391. The lowest BCUT2D eigenvalue weighted by Crippen LogP contribution is -2.52. The van der Waals surface area contributed by atoms with Gasteiger partial charge in [-0.3, -0.25) is 10.4 Å². The van der Waals surface area contributed by atoms with Crippen LogP contribution in [0.15, 0.2) is 48.5 Å². The second-order valence-electron chi connectivity index (χ2n) is 8.81. The van der Waals surface area contributed by atoms with E-state index in [-0.39, 0.29) is 5.96 Å². The Labute approximate surface area is 176 Å². The van der Waals surface area contributed by atoms with Crippen LogP contribution in [0.3, 0.4) is 0 Å². The van der Waals surface area contributed by atoms with Crippen LogP contribution in [0.4, 0.5) is 0 Å². The number of nitrogens with zero attached hydrogens (tertiary/aromatic N) is 5. The Hall–Kier alpha value is -2.90. The molecule has 0 spiro atoms. The van der Waals surface area contributed by atoms with Gasteiger partial charge in [-0.05, 0) is 52.0 Å². The minimum atomic E-state index is -0.717. The Bertz CT molecular complexity index is 1270. The molecule has 0 amide bonds. The van der Waals surface area contributed by atoms with Gasteiger partial charge in [0.15, 0.2) is 0 Å². The van der Waals surface area contributed by atoms with Crippen molar-refractivity contribution >= 4 is 27.8 Å². The molecule has 0 bridgehead atoms. The van der Waals surface area contributed by atoms with Gasteiger partial charge in [-0.25, -0.2) is 4.40 Å². The summed E-state index contributed by atoms with van der Waals surface area (Å²) >= 11 is 0. The molecule has 7 nitrogen and oxygen atoms in total. The number of benzene rings is 2. The van der Waals surface area contributed by atoms with Crippen molar-refractivity contribution in [2.45, 2.75) is 59.0 Å². The molecule has 7 heteroatoms. The number of aromatic nitrogens is 3. The molecule has 0 aliphatic carbocycles. The van der Waals surface area contributed by atoms with Gasteiger partial charge in [0.25, 0.3) is 0 Å². The van der Waals surface area contributed by atoms with Crippen molar-refractivity contribution in [1.29, 1.82) is 0 Å². The number of hydrogen-bond acceptors (Lipinski definition) is 5. The van der Waals surface area contributed by atoms with E-state index in [4.69, 9.17) is 4.98 Å². The second kappa shape index (κ2) is 6.82. The van der Waals surface area contributed by atoms with Crippen molar-refractivity contribution in [2.24, 2.45) is 0 Å². The van der Waals surface area contributed by atoms with Gasteiger partial charge in [-0.15, -0.1) is 4.98 Å². The first-order valence-electron chi connectivity index (χ1n) is 10.4. The molecule has 0 radical (unpaired) electrons. The van der Waals surface area contributed by atoms with Crippen LogP contribution in [0, 0.1) is 5.96 Å². The molecule has 0 unspecified atom stereocenters. The van der Waals surface area contributed by atoms with Crippen molar-refractivity contribution in [3.8, 4) is 0 Å². The second-order valence-corrected chi connectivity index (χ2v) is 8.81. The molecule has 1 saturated heterocycles. The minimum Gasteiger partial charge on any atom is -0.252 e. The monoisotopic (exact) mass is 408 g/mol. The predicted octanol–water partition coefficient (Wildman–Crippen LogP) is 4.31. The maximum atomic E-state index is 11.0. The SMILES string of the molecule is CC1(C)N(O)C(=[n+]2c3ccccc3n3c4ccccc4nc32)N(O)C1(C)C.CCC. The summed E-state index contributed by atoms with van der Waals surface area (Å²) in [4.78, 5) is 4.79. The molecule has 2 N–H and O–H groups in total. The molecule has 30 heavy (non-hydrogen) atoms. The topological polar surface area (TPSA) is 70.1 Å². The van der Waals surface area contributed by atoms with Crippen LogP contribution < -0.4 is 4.24 Å². The lowest BCUT2D eigenvalue weighted by atomic mass is 9.84. The van der Waals surface area contributed by atoms with Crippen molar-refractivity contribution < 1.29 is 14.7 Å². The normalized spacial score (nSPS) is 17.8. The van der Waals surface area contributed by atoms with Crippen LogP contribution in [0.5, 0.6) is 0 Å². The highest BCUT2D eigenvalue weighted by atomic mass is 16.6. The molecule has 3 heterocycles. The summed E-state index contributed by atoms with van der Waals surface area (Å²) in [6.45, 7) is 11.8. The Kier molecular flexibility index (Phi) is 4.63. The first-order chi connectivity index (χ1) is 14.2. The number of fused-ring (bicyclic) bond motifs is 5. The fourth-order valence-corrected chi connectivity index (χ4v) is 3.85. The average Bonchev–Trinajstić information content (AvgIpc) is 3.27. The molecular formula is C23H30N5O2+. The third kappa shape index (κ3) is 2.52. The average molecular weight is 409 g/mol. The molecule has 1 fully saturated rings. The van der Waals surface area contributed by atoms with E-state index < -0.39 is 11.1 Å². The van der Waals surface area contributed by atoms with Crippen LogP contribution in [0.25, 0.3) is 27.8 Å². The molecule has 1 aliphatic rings. The van der Waals surface area contributed by atoms with Gasteiger partial charge in [-0.1, -0.05) is 44.5 Å². The highest BCUT2D eigenvalue weighted by Crippen LogP contribution is 2.41. The van der Waals surface area contributed by atoms with E-state index in [1.165, 1.54) is 6.42 Å². The molecule has 0 saturated carbocycles. The molecule has 158 valence electrons. The van der Waals surface area contributed by atoms with E-state index in [1.807, 2.05) is 80.5 Å². The van der Waals surface area contributed by atoms with Gasteiger partial charge in [-0.2, -0.15) is 14.4 Å². The zero-order valence-electron chi connectivity index (χ0n) is 18.5. The molecule has 0 atom stereocenters. The van der Waals surface area contributed by atoms with Gasteiger partial charge in [0, 0.05) is 0 Å². The predicted molar refractivity (Wildman–Crippen MR) is 116 cm³/mol. The summed E-state index contributed by atoms with van der Waals surface area (Å²) in [7, 11) is 0. The lowest BCUT2D eigenvalue weighted by Gasteiger charge is -2.33. The summed E-state index contributed by atoms with van der Waals surface area (Å²) < 4.78 is 3.86. The van der Waals surface area contributed by atoms with Gasteiger partial charge < -0.3 is 0 Å². The van der Waals surface area contributed by atoms with E-state index in [0.29, 0.717) is 5.78 Å². The summed E-state index contributed by atoms with van der Waals surface area (Å²) in [5.74, 6) is 0.908. The zero-order valence-corrected chi connectivity index (χ0v) is 18.5. The van der Waals surface area contributed by atoms with E-state index in [1.54, 1.807) is 0 Å². The number of para-hydroxylation sites is 4. The van der Waals surface area contributed by atoms with Crippen LogP contribution in [0.1, 0.15) is 48.0 Å². The third-order valence-electron chi connectivity index (χ3n) is 6.24. The van der Waals surface area contributed by atoms with Crippen LogP contribution in [-0.4, -0.2) is 41.0 Å². The fourth-order valence-electron chi connectivity index (χ4n) is 3.85. The van der Waals surface area contributed by atoms with E-state index >= 15 is 0 Å². The lowest BCUT2D eigenvalue weighted by molar-refractivity contribution is -0.518. The Morgan fingerprint density at radius 2 is 1.33 bits per heavy atom. The standard InChI is InChI=1S/C20H22N5O2.C3H8/c1-19(2)20(3,4)25(27)18(24(19)26)23-16-12-8-7-11-15(16)22-14-10-6-5-9-13(14)21-17(22)23;1-3-2/h5-12,26-27H,1-4H3;3H2,1-2H3/q+1;. The van der Waals surface area contributed by atoms with Crippen molar-refractivity contribution in [1.82, 2.24) is 19.5 Å². The Morgan fingerprint density at radius 1 is 0.833 bits per heavy atom. The number of rotatable bonds is 0. The van der Waals surface area contributed by atoms with E-state index in [9.17, 15) is 10.4 Å². The van der Waals surface area contributed by atoms with Crippen LogP contribution >= 0.6 is 0 Å². The first kappa shape index (κ1) is 20.4. The van der Waals surface area contributed by atoms with Crippen molar-refractivity contribution in [3.63, 3.8) is 0 Å². The highest BCUT2D eigenvalue weighted by molar-refractivity contribution is 5.86. The zero-order chi connectivity index (χ0) is 21.8. The smallest absolute Gasteiger partial charge is 0.252 e. The summed E-state index contributed by atoms with van der Waals surface area (Å²) in [5.41, 5.74) is 2.22. The van der Waals surface area contributed by atoms with Gasteiger partial charge in [0.05, 0.1) is 0 Å². The van der Waals surface area contributed by atoms with Gasteiger partial charge in [0.2, 0.25) is 0 Å². The third-order valence-corrected chi connectivity index (χ3v) is 6.24. The first-order valence-corrected chi connectivity index (χ1v) is 10.4. The van der Waals surface area contributed by atoms with E-state index in [0.717, 1.165) is 32.2 Å². The summed E-state index contributed by atoms with van der Waals surface area (Å²) in [6.07, 6.45) is 1.25. The van der Waals surface area contributed by atoms with Crippen LogP contribution in [0.2, 0.25) is 0 Å². The molecule has 2 aromatic carbocycles. The van der Waals surface area contributed by atoms with Gasteiger partial charge >= 0.3 is 11.7 Å². The molecule has 2 aromatic heterocycles. The van der Waals surface area contributed by atoms with E-state index in [2.05, 4.69) is 18.2 Å². The van der Waals surface area contributed by atoms with Crippen LogP contribution in [-0.2, 0) is 0 Å². The van der Waals surface area contributed by atoms with Crippen molar-refractivity contribution in [3.05, 3.63) is 54.5 Å². The molecule has 4 aromatic rings. The highest BCUT2D eigenvalue weighted by Gasteiger charge is 2.61. The number of hydrogen-bond donors (Lipinski definition) is 2. The van der Waals surface area contributed by atoms with Crippen molar-refractivity contribution in [2.75, 3.05) is 0 Å². The molecular weight excluding hydrogens is 378 g/mol. The van der Waals surface area contributed by atoms with Gasteiger partial charge in [0.1, 0.15) is 33.1 Å². The minimum absolute atomic E-state index is 0.270. The Morgan fingerprint density at radius 3 is 1.93 bits per heavy atom. The quantitative estimate of drug-likeness (QED) is 0.424. The number of hydroxylamine groups is 4. The summed E-state index contributed by atoms with van der Waals surface area (Å²) in [5, 5.41) is 24.3. The number of imidazole rings is 2. The molecule has 5 rings (SSSR count). The molecule has 1 aliphatic heterocycles. The Balaban J connectivity index is 0.000000687. The maximum absolute atomic E-state index is 11.0. The summed E-state index contributed by atoms with van der Waals surface area (Å²) in [6, 6.07) is 15.8. The maximum Gasteiger partial charge on any atom is 0.349 e.